The molecular weight excluding hydrogens is 260 g/mol. The third kappa shape index (κ3) is 2.02. The van der Waals surface area contributed by atoms with Crippen LogP contribution in [0.2, 0.25) is 0 Å². The number of hydrogen-bond acceptors (Lipinski definition) is 1. The highest BCUT2D eigenvalue weighted by molar-refractivity contribution is 6.02. The van der Waals surface area contributed by atoms with Gasteiger partial charge < -0.3 is 10.3 Å². The third-order valence-corrected chi connectivity index (χ3v) is 4.32. The smallest absolute Gasteiger partial charge is 0.235 e. The van der Waals surface area contributed by atoms with Crippen LogP contribution in [-0.4, -0.2) is 10.9 Å². The fourth-order valence-corrected chi connectivity index (χ4v) is 2.91. The predicted molar refractivity (Wildman–Crippen MR) is 84.3 cm³/mol. The molecule has 0 unspecified atom stereocenters. The summed E-state index contributed by atoms with van der Waals surface area (Å²) in [7, 11) is 0. The summed E-state index contributed by atoms with van der Waals surface area (Å²) < 4.78 is 0. The monoisotopic (exact) mass is 276 g/mol. The maximum atomic E-state index is 12.7. The molecule has 0 saturated heterocycles. The molecule has 0 spiro atoms. The van der Waals surface area contributed by atoms with Crippen LogP contribution in [-0.2, 0) is 10.2 Å². The number of anilines is 1. The van der Waals surface area contributed by atoms with Gasteiger partial charge in [0.1, 0.15) is 0 Å². The van der Waals surface area contributed by atoms with Crippen molar-refractivity contribution in [3.05, 3.63) is 66.4 Å². The number of H-pyrrole nitrogens is 1. The minimum atomic E-state index is -0.325. The van der Waals surface area contributed by atoms with Crippen molar-refractivity contribution >= 4 is 22.5 Å². The van der Waals surface area contributed by atoms with E-state index in [2.05, 4.69) is 10.3 Å². The molecule has 3 nitrogen and oxygen atoms in total. The van der Waals surface area contributed by atoms with E-state index in [4.69, 9.17) is 0 Å². The highest BCUT2D eigenvalue weighted by Gasteiger charge is 2.51. The van der Waals surface area contributed by atoms with Crippen molar-refractivity contribution in [3.8, 4) is 0 Å². The van der Waals surface area contributed by atoms with Crippen molar-refractivity contribution in [2.75, 3.05) is 5.32 Å². The van der Waals surface area contributed by atoms with Gasteiger partial charge in [-0.15, -0.1) is 0 Å². The Labute approximate surface area is 123 Å². The van der Waals surface area contributed by atoms with Crippen molar-refractivity contribution in [2.45, 2.75) is 18.3 Å². The van der Waals surface area contributed by atoms with Crippen molar-refractivity contribution in [1.29, 1.82) is 0 Å². The van der Waals surface area contributed by atoms with Gasteiger partial charge >= 0.3 is 0 Å². The van der Waals surface area contributed by atoms with Gasteiger partial charge in [-0.3, -0.25) is 4.79 Å². The van der Waals surface area contributed by atoms with E-state index in [0.717, 1.165) is 35.0 Å². The summed E-state index contributed by atoms with van der Waals surface area (Å²) in [6, 6.07) is 18.0. The molecule has 21 heavy (non-hydrogen) atoms. The SMILES string of the molecule is O=C(Nc1ccc2[nH]ccc2c1)C1(c2ccccc2)CC1. The minimum absolute atomic E-state index is 0.101. The van der Waals surface area contributed by atoms with Crippen LogP contribution in [0.3, 0.4) is 0 Å². The van der Waals surface area contributed by atoms with E-state index < -0.39 is 0 Å². The lowest BCUT2D eigenvalue weighted by molar-refractivity contribution is -0.118. The van der Waals surface area contributed by atoms with E-state index in [1.807, 2.05) is 60.8 Å². The topological polar surface area (TPSA) is 44.9 Å². The Hall–Kier alpha value is -2.55. The molecule has 1 aliphatic carbocycles. The lowest BCUT2D eigenvalue weighted by atomic mass is 9.95. The zero-order valence-electron chi connectivity index (χ0n) is 11.6. The molecule has 1 fully saturated rings. The molecule has 0 aliphatic heterocycles. The molecule has 2 aromatic carbocycles. The maximum absolute atomic E-state index is 12.7. The molecular formula is C18H16N2O. The van der Waals surface area contributed by atoms with E-state index in [9.17, 15) is 4.79 Å². The fourth-order valence-electron chi connectivity index (χ4n) is 2.91. The Bertz CT molecular complexity index is 800. The van der Waals surface area contributed by atoms with Crippen molar-refractivity contribution < 1.29 is 4.79 Å². The molecule has 1 amide bonds. The number of carbonyl (C=O) groups excluding carboxylic acids is 1. The van der Waals surface area contributed by atoms with Crippen molar-refractivity contribution in [2.24, 2.45) is 0 Å². The molecule has 0 bridgehead atoms. The van der Waals surface area contributed by atoms with Crippen LogP contribution in [0.25, 0.3) is 10.9 Å². The normalized spacial score (nSPS) is 15.8. The molecule has 4 rings (SSSR count). The summed E-state index contributed by atoms with van der Waals surface area (Å²) in [5.41, 5.74) is 2.73. The minimum Gasteiger partial charge on any atom is -0.361 e. The second-order valence-corrected chi connectivity index (χ2v) is 5.68. The molecule has 1 heterocycles. The van der Waals surface area contributed by atoms with Gasteiger partial charge in [0.2, 0.25) is 5.91 Å². The van der Waals surface area contributed by atoms with Crippen molar-refractivity contribution in [3.63, 3.8) is 0 Å². The highest BCUT2D eigenvalue weighted by Crippen LogP contribution is 2.48. The number of aromatic amines is 1. The molecule has 0 atom stereocenters. The average Bonchev–Trinajstić information content (AvgIpc) is 3.21. The molecule has 104 valence electrons. The van der Waals surface area contributed by atoms with Crippen LogP contribution in [0.5, 0.6) is 0 Å². The van der Waals surface area contributed by atoms with Gasteiger partial charge in [-0.05, 0) is 42.7 Å². The number of aromatic nitrogens is 1. The quantitative estimate of drug-likeness (QED) is 0.750. The van der Waals surface area contributed by atoms with E-state index >= 15 is 0 Å². The van der Waals surface area contributed by atoms with E-state index in [1.165, 1.54) is 0 Å². The van der Waals surface area contributed by atoms with Crippen LogP contribution >= 0.6 is 0 Å². The molecule has 1 aliphatic rings. The number of carbonyl (C=O) groups is 1. The number of amides is 1. The van der Waals surface area contributed by atoms with Crippen molar-refractivity contribution in [1.82, 2.24) is 4.98 Å². The summed E-state index contributed by atoms with van der Waals surface area (Å²) in [4.78, 5) is 15.8. The van der Waals surface area contributed by atoms with Crippen LogP contribution in [0.4, 0.5) is 5.69 Å². The summed E-state index contributed by atoms with van der Waals surface area (Å²) in [6.07, 6.45) is 3.76. The first kappa shape index (κ1) is 12.2. The first-order chi connectivity index (χ1) is 10.3. The van der Waals surface area contributed by atoms with E-state index in [-0.39, 0.29) is 11.3 Å². The maximum Gasteiger partial charge on any atom is 0.235 e. The Morgan fingerprint density at radius 1 is 1.05 bits per heavy atom. The van der Waals surface area contributed by atoms with Gasteiger partial charge in [-0.1, -0.05) is 30.3 Å². The summed E-state index contributed by atoms with van der Waals surface area (Å²) >= 11 is 0. The lowest BCUT2D eigenvalue weighted by Crippen LogP contribution is -2.27. The van der Waals surface area contributed by atoms with Gasteiger partial charge in [0.15, 0.2) is 0 Å². The summed E-state index contributed by atoms with van der Waals surface area (Å²) in [6.45, 7) is 0. The number of nitrogens with one attached hydrogen (secondary N) is 2. The first-order valence-electron chi connectivity index (χ1n) is 7.22. The van der Waals surface area contributed by atoms with Crippen LogP contribution < -0.4 is 5.32 Å². The van der Waals surface area contributed by atoms with Gasteiger partial charge in [0, 0.05) is 22.8 Å². The number of rotatable bonds is 3. The van der Waals surface area contributed by atoms with E-state index in [0.29, 0.717) is 0 Å². The van der Waals surface area contributed by atoms with E-state index in [1.54, 1.807) is 0 Å². The zero-order valence-corrected chi connectivity index (χ0v) is 11.6. The molecule has 1 aromatic heterocycles. The zero-order chi connectivity index (χ0) is 14.3. The molecule has 3 aromatic rings. The fraction of sp³-hybridized carbons (Fsp3) is 0.167. The van der Waals surface area contributed by atoms with Gasteiger partial charge in [0.05, 0.1) is 5.41 Å². The average molecular weight is 276 g/mol. The predicted octanol–water partition coefficient (Wildman–Crippen LogP) is 3.84. The Balaban J connectivity index is 1.61. The van der Waals surface area contributed by atoms with Gasteiger partial charge in [-0.2, -0.15) is 0 Å². The number of hydrogen-bond donors (Lipinski definition) is 2. The van der Waals surface area contributed by atoms with Gasteiger partial charge in [-0.25, -0.2) is 0 Å². The molecule has 1 saturated carbocycles. The largest absolute Gasteiger partial charge is 0.361 e. The number of benzene rings is 2. The highest BCUT2D eigenvalue weighted by atomic mass is 16.2. The standard InChI is InChI=1S/C18H16N2O/c21-17(18(9-10-18)14-4-2-1-3-5-14)20-15-6-7-16-13(12-15)8-11-19-16/h1-8,11-12,19H,9-10H2,(H,20,21). The third-order valence-electron chi connectivity index (χ3n) is 4.32. The molecule has 3 heteroatoms. The Kier molecular flexibility index (Phi) is 2.61. The Morgan fingerprint density at radius 3 is 2.62 bits per heavy atom. The molecule has 0 radical (unpaired) electrons. The van der Waals surface area contributed by atoms with Crippen LogP contribution in [0.1, 0.15) is 18.4 Å². The van der Waals surface area contributed by atoms with Crippen LogP contribution in [0, 0.1) is 0 Å². The summed E-state index contributed by atoms with van der Waals surface area (Å²) in [5, 5.41) is 4.18. The second-order valence-electron chi connectivity index (χ2n) is 5.68. The summed E-state index contributed by atoms with van der Waals surface area (Å²) in [5.74, 6) is 0.101. The first-order valence-corrected chi connectivity index (χ1v) is 7.22. The number of fused-ring (bicyclic) bond motifs is 1. The van der Waals surface area contributed by atoms with Crippen LogP contribution in [0.15, 0.2) is 60.8 Å². The van der Waals surface area contributed by atoms with Gasteiger partial charge in [0.25, 0.3) is 0 Å². The lowest BCUT2D eigenvalue weighted by Gasteiger charge is -2.15. The molecule has 2 N–H and O–H groups in total. The second kappa shape index (κ2) is 4.48. The Morgan fingerprint density at radius 2 is 1.86 bits per heavy atom.